The lowest BCUT2D eigenvalue weighted by Crippen LogP contribution is -2.55. The Hall–Kier alpha value is -0.770. The van der Waals surface area contributed by atoms with Crippen molar-refractivity contribution in [3.8, 4) is 0 Å². The van der Waals surface area contributed by atoms with Crippen molar-refractivity contribution in [2.75, 3.05) is 13.2 Å². The molecule has 8 heteroatoms. The molecule has 8 nitrogen and oxygen atoms in total. The van der Waals surface area contributed by atoms with E-state index in [4.69, 9.17) is 9.47 Å². The summed E-state index contributed by atoms with van der Waals surface area (Å²) in [6, 6.07) is -0.653. The van der Waals surface area contributed by atoms with Crippen LogP contribution in [-0.4, -0.2) is 76.3 Å². The molecule has 0 spiro atoms. The highest BCUT2D eigenvalue weighted by atomic mass is 16.7. The maximum absolute atomic E-state index is 11.7. The minimum atomic E-state index is -1.50. The third-order valence-electron chi connectivity index (χ3n) is 3.08. The first-order valence-corrected chi connectivity index (χ1v) is 5.77. The predicted molar refractivity (Wildman–Crippen MR) is 56.3 cm³/mol. The maximum Gasteiger partial charge on any atom is 0.325 e. The molecule has 0 aromatic heterocycles. The van der Waals surface area contributed by atoms with Gasteiger partial charge in [-0.15, -0.1) is 0 Å². The van der Waals surface area contributed by atoms with E-state index < -0.39 is 42.7 Å². The quantitative estimate of drug-likeness (QED) is 0.328. The topological polar surface area (TPSA) is 128 Å². The van der Waals surface area contributed by atoms with Crippen molar-refractivity contribution < 1.29 is 34.7 Å². The third kappa shape index (κ3) is 2.79. The van der Waals surface area contributed by atoms with Crippen molar-refractivity contribution in [3.63, 3.8) is 0 Å². The Kier molecular flexibility index (Phi) is 4.15. The summed E-state index contributed by atoms with van der Waals surface area (Å²) in [7, 11) is 0. The van der Waals surface area contributed by atoms with Crippen molar-refractivity contribution in [3.05, 3.63) is 0 Å². The van der Waals surface area contributed by atoms with E-state index in [-0.39, 0.29) is 13.0 Å². The van der Waals surface area contributed by atoms with Crippen LogP contribution in [0.5, 0.6) is 0 Å². The summed E-state index contributed by atoms with van der Waals surface area (Å²) in [5.41, 5.74) is 0. The number of hydrogen-bond acceptors (Lipinski definition) is 8. The largest absolute Gasteiger partial charge is 0.432 e. The monoisotopic (exact) mass is 263 g/mol. The highest BCUT2D eigenvalue weighted by molar-refractivity contribution is 5.76. The Morgan fingerprint density at radius 2 is 1.94 bits per heavy atom. The fourth-order valence-electron chi connectivity index (χ4n) is 1.98. The summed E-state index contributed by atoms with van der Waals surface area (Å²) in [6.07, 6.45) is -5.81. The lowest BCUT2D eigenvalue weighted by Gasteiger charge is -2.34. The molecule has 2 saturated heterocycles. The number of nitrogens with one attached hydrogen (secondary N) is 1. The molecule has 0 bridgehead atoms. The average Bonchev–Trinajstić information content (AvgIpc) is 2.77. The first-order valence-electron chi connectivity index (χ1n) is 5.77. The van der Waals surface area contributed by atoms with Gasteiger partial charge in [-0.3, -0.25) is 4.79 Å². The van der Waals surface area contributed by atoms with Crippen LogP contribution in [-0.2, 0) is 14.3 Å². The number of ether oxygens (including phenoxy) is 2. The first-order chi connectivity index (χ1) is 8.49. The van der Waals surface area contributed by atoms with E-state index in [0.29, 0.717) is 6.54 Å². The number of aliphatic hydroxyl groups is 4. The number of carbonyl (C=O) groups excluding carboxylic acids is 1. The molecule has 2 heterocycles. The summed E-state index contributed by atoms with van der Waals surface area (Å²) in [6.45, 7) is 0.0755. The van der Waals surface area contributed by atoms with E-state index in [1.165, 1.54) is 0 Å². The summed E-state index contributed by atoms with van der Waals surface area (Å²) in [5, 5.41) is 40.2. The number of esters is 1. The highest BCUT2D eigenvalue weighted by Gasteiger charge is 2.41. The molecule has 0 amide bonds. The van der Waals surface area contributed by atoms with Gasteiger partial charge in [0.1, 0.15) is 24.4 Å². The van der Waals surface area contributed by atoms with Crippen molar-refractivity contribution in [1.29, 1.82) is 0 Å². The summed E-state index contributed by atoms with van der Waals surface area (Å²) < 4.78 is 9.84. The Bertz CT molecular complexity index is 313. The fourth-order valence-corrected chi connectivity index (χ4v) is 1.98. The van der Waals surface area contributed by atoms with Crippen molar-refractivity contribution >= 4 is 5.97 Å². The zero-order valence-electron chi connectivity index (χ0n) is 9.60. The molecule has 0 aromatic rings. The molecule has 2 aliphatic rings. The molecule has 2 aliphatic heterocycles. The summed E-state index contributed by atoms with van der Waals surface area (Å²) in [5.74, 6) is -0.667. The number of β-amino-alcohol motifs (C(OH)–C–C–N with tert-alkyl or cyclic N) is 1. The van der Waals surface area contributed by atoms with Crippen LogP contribution in [0.4, 0.5) is 0 Å². The molecule has 18 heavy (non-hydrogen) atoms. The second kappa shape index (κ2) is 5.47. The van der Waals surface area contributed by atoms with Crippen LogP contribution in [0.15, 0.2) is 0 Å². The smallest absolute Gasteiger partial charge is 0.325 e. The van der Waals surface area contributed by atoms with Gasteiger partial charge in [-0.2, -0.15) is 0 Å². The van der Waals surface area contributed by atoms with Gasteiger partial charge < -0.3 is 35.2 Å². The number of hydrogen-bond donors (Lipinski definition) is 5. The lowest BCUT2D eigenvalue weighted by molar-refractivity contribution is -0.263. The van der Waals surface area contributed by atoms with Gasteiger partial charge in [-0.25, -0.2) is 0 Å². The van der Waals surface area contributed by atoms with Gasteiger partial charge in [-0.05, 0) is 0 Å². The van der Waals surface area contributed by atoms with Gasteiger partial charge >= 0.3 is 5.97 Å². The minimum Gasteiger partial charge on any atom is -0.432 e. The van der Waals surface area contributed by atoms with Crippen LogP contribution < -0.4 is 5.32 Å². The van der Waals surface area contributed by atoms with E-state index in [9.17, 15) is 25.2 Å². The van der Waals surface area contributed by atoms with E-state index in [0.717, 1.165) is 0 Å². The van der Waals surface area contributed by atoms with E-state index in [1.807, 2.05) is 0 Å². The van der Waals surface area contributed by atoms with Gasteiger partial charge in [0, 0.05) is 13.0 Å². The van der Waals surface area contributed by atoms with E-state index >= 15 is 0 Å². The van der Waals surface area contributed by atoms with Gasteiger partial charge in [0.2, 0.25) is 6.29 Å². The van der Waals surface area contributed by atoms with Crippen molar-refractivity contribution in [2.24, 2.45) is 0 Å². The Morgan fingerprint density at radius 1 is 1.22 bits per heavy atom. The molecule has 0 saturated carbocycles. The van der Waals surface area contributed by atoms with Crippen LogP contribution in [0.25, 0.3) is 0 Å². The molecule has 1 unspecified atom stereocenters. The van der Waals surface area contributed by atoms with Crippen LogP contribution in [0.3, 0.4) is 0 Å². The van der Waals surface area contributed by atoms with Gasteiger partial charge in [-0.1, -0.05) is 0 Å². The summed E-state index contributed by atoms with van der Waals surface area (Å²) >= 11 is 0. The van der Waals surface area contributed by atoms with Gasteiger partial charge in [0.05, 0.1) is 12.7 Å². The Morgan fingerprint density at radius 3 is 2.56 bits per heavy atom. The fraction of sp³-hybridized carbons (Fsp3) is 0.900. The molecule has 2 fully saturated rings. The molecular formula is C10H17NO7. The molecule has 2 rings (SSSR count). The molecule has 6 atom stereocenters. The third-order valence-corrected chi connectivity index (χ3v) is 3.08. The van der Waals surface area contributed by atoms with Crippen LogP contribution in [0.2, 0.25) is 0 Å². The van der Waals surface area contributed by atoms with Crippen LogP contribution in [0, 0.1) is 0 Å². The molecule has 104 valence electrons. The zero-order valence-corrected chi connectivity index (χ0v) is 9.60. The normalized spacial score (nSPS) is 44.9. The van der Waals surface area contributed by atoms with Gasteiger partial charge in [0.25, 0.3) is 0 Å². The minimum absolute atomic E-state index is 0.225. The second-order valence-electron chi connectivity index (χ2n) is 4.54. The Labute approximate surface area is 103 Å². The molecule has 0 aromatic carbocycles. The summed E-state index contributed by atoms with van der Waals surface area (Å²) in [4.78, 5) is 11.7. The number of aliphatic hydroxyl groups excluding tert-OH is 4. The average molecular weight is 263 g/mol. The van der Waals surface area contributed by atoms with Crippen molar-refractivity contribution in [1.82, 2.24) is 5.32 Å². The van der Waals surface area contributed by atoms with Gasteiger partial charge in [0.15, 0.2) is 0 Å². The van der Waals surface area contributed by atoms with E-state index in [2.05, 4.69) is 5.32 Å². The maximum atomic E-state index is 11.7. The SMILES string of the molecule is O=C(OC1OC[C@H](O)[C@H](O)[C@H]1O)[C@@H]1C[C@@H](O)CN1. The zero-order chi connectivity index (χ0) is 13.3. The molecule has 5 N–H and O–H groups in total. The molecule has 0 radical (unpaired) electrons. The van der Waals surface area contributed by atoms with E-state index in [1.54, 1.807) is 0 Å². The van der Waals surface area contributed by atoms with Crippen LogP contribution in [0.1, 0.15) is 6.42 Å². The standard InChI is InChI=1S/C10H17NO7/c12-4-1-5(11-2-4)9(16)18-10-8(15)7(14)6(13)3-17-10/h4-8,10-15H,1-3H2/t4-,5+,6+,7+,8-,10?/m1/s1. The molecular weight excluding hydrogens is 246 g/mol. The van der Waals surface area contributed by atoms with Crippen molar-refractivity contribution in [2.45, 2.75) is 43.2 Å². The lowest BCUT2D eigenvalue weighted by atomic mass is 10.1. The first kappa shape index (κ1) is 13.7. The molecule has 0 aliphatic carbocycles. The number of rotatable bonds is 2. The van der Waals surface area contributed by atoms with Crippen LogP contribution >= 0.6 is 0 Å². The number of carbonyl (C=O) groups is 1. The Balaban J connectivity index is 1.87. The predicted octanol–water partition coefficient (Wildman–Crippen LogP) is -3.31. The second-order valence-corrected chi connectivity index (χ2v) is 4.54. The highest BCUT2D eigenvalue weighted by Crippen LogP contribution is 2.18.